The van der Waals surface area contributed by atoms with E-state index in [0.29, 0.717) is 12.8 Å². The largest absolute Gasteiger partial charge is 0.480 e. The number of fused-ring (bicyclic) bond motifs is 3. The predicted molar refractivity (Wildman–Crippen MR) is 124 cm³/mol. The molecule has 2 amide bonds. The number of carboxylic acids is 1. The first kappa shape index (κ1) is 22.8. The Morgan fingerprint density at radius 1 is 0.970 bits per heavy atom. The van der Waals surface area contributed by atoms with Crippen molar-refractivity contribution in [1.82, 2.24) is 10.6 Å². The molecular weight excluding hydrogens is 420 g/mol. The van der Waals surface area contributed by atoms with Gasteiger partial charge in [0.25, 0.3) is 0 Å². The molecule has 7 heteroatoms. The SMILES string of the molecule is C[C@@H](NC(=O)OCC1c2ccccc2-c2ccccc21)C(=O)NC1(C(=O)O)CCCCCC1. The first-order valence-electron chi connectivity index (χ1n) is 11.6. The highest BCUT2D eigenvalue weighted by Gasteiger charge is 2.41. The van der Waals surface area contributed by atoms with Crippen LogP contribution >= 0.6 is 0 Å². The van der Waals surface area contributed by atoms with Gasteiger partial charge in [0, 0.05) is 5.92 Å². The van der Waals surface area contributed by atoms with Gasteiger partial charge in [0.2, 0.25) is 5.91 Å². The van der Waals surface area contributed by atoms with Crippen LogP contribution in [0.3, 0.4) is 0 Å². The summed E-state index contributed by atoms with van der Waals surface area (Å²) in [5, 5.41) is 15.0. The lowest BCUT2D eigenvalue weighted by Crippen LogP contribution is -2.58. The topological polar surface area (TPSA) is 105 Å². The van der Waals surface area contributed by atoms with Crippen molar-refractivity contribution in [2.24, 2.45) is 0 Å². The van der Waals surface area contributed by atoms with E-state index in [1.807, 2.05) is 36.4 Å². The molecule has 4 rings (SSSR count). The molecule has 2 aliphatic rings. The molecule has 2 aromatic rings. The molecule has 0 aromatic heterocycles. The van der Waals surface area contributed by atoms with Crippen molar-refractivity contribution in [3.8, 4) is 11.1 Å². The molecule has 2 aliphatic carbocycles. The van der Waals surface area contributed by atoms with Crippen LogP contribution in [0.15, 0.2) is 48.5 Å². The van der Waals surface area contributed by atoms with Gasteiger partial charge in [0.1, 0.15) is 18.2 Å². The number of nitrogens with one attached hydrogen (secondary N) is 2. The average Bonchev–Trinajstić information content (AvgIpc) is 2.93. The Hall–Kier alpha value is -3.35. The van der Waals surface area contributed by atoms with Crippen LogP contribution in [-0.2, 0) is 14.3 Å². The predicted octanol–water partition coefficient (Wildman–Crippen LogP) is 4.21. The molecule has 1 fully saturated rings. The molecule has 3 N–H and O–H groups in total. The lowest BCUT2D eigenvalue weighted by Gasteiger charge is -2.30. The van der Waals surface area contributed by atoms with Gasteiger partial charge in [-0.2, -0.15) is 0 Å². The molecule has 1 saturated carbocycles. The van der Waals surface area contributed by atoms with Gasteiger partial charge < -0.3 is 20.5 Å². The minimum atomic E-state index is -1.27. The van der Waals surface area contributed by atoms with Crippen molar-refractivity contribution in [3.05, 3.63) is 59.7 Å². The zero-order valence-corrected chi connectivity index (χ0v) is 18.8. The third-order valence-electron chi connectivity index (χ3n) is 6.80. The van der Waals surface area contributed by atoms with Crippen LogP contribution in [0.1, 0.15) is 62.5 Å². The number of carbonyl (C=O) groups excluding carboxylic acids is 2. The maximum Gasteiger partial charge on any atom is 0.407 e. The second-order valence-corrected chi connectivity index (χ2v) is 8.98. The quantitative estimate of drug-likeness (QED) is 0.572. The Labute approximate surface area is 193 Å². The van der Waals surface area contributed by atoms with E-state index < -0.39 is 29.6 Å². The van der Waals surface area contributed by atoms with Gasteiger partial charge in [-0.3, -0.25) is 4.79 Å². The van der Waals surface area contributed by atoms with Crippen LogP contribution in [0.4, 0.5) is 4.79 Å². The van der Waals surface area contributed by atoms with Crippen molar-refractivity contribution in [3.63, 3.8) is 0 Å². The molecule has 0 bridgehead atoms. The fourth-order valence-electron chi connectivity index (χ4n) is 4.95. The number of amides is 2. The van der Waals surface area contributed by atoms with Gasteiger partial charge >= 0.3 is 12.1 Å². The lowest BCUT2D eigenvalue weighted by atomic mass is 9.90. The van der Waals surface area contributed by atoms with Gasteiger partial charge in [-0.25, -0.2) is 9.59 Å². The molecule has 2 aromatic carbocycles. The van der Waals surface area contributed by atoms with Crippen molar-refractivity contribution in [1.29, 1.82) is 0 Å². The summed E-state index contributed by atoms with van der Waals surface area (Å²) in [5.41, 5.74) is 3.21. The number of hydrogen-bond acceptors (Lipinski definition) is 4. The summed E-state index contributed by atoms with van der Waals surface area (Å²) in [7, 11) is 0. The maximum atomic E-state index is 12.7. The summed E-state index contributed by atoms with van der Waals surface area (Å²) in [6.07, 6.45) is 3.50. The normalized spacial score (nSPS) is 17.7. The molecule has 1 atom stereocenters. The van der Waals surface area contributed by atoms with Crippen molar-refractivity contribution >= 4 is 18.0 Å². The van der Waals surface area contributed by atoms with E-state index in [9.17, 15) is 19.5 Å². The van der Waals surface area contributed by atoms with E-state index in [1.165, 1.54) is 6.92 Å². The van der Waals surface area contributed by atoms with Gasteiger partial charge in [0.15, 0.2) is 0 Å². The maximum absolute atomic E-state index is 12.7. The highest BCUT2D eigenvalue weighted by molar-refractivity contribution is 5.91. The third kappa shape index (κ3) is 4.72. The highest BCUT2D eigenvalue weighted by Crippen LogP contribution is 2.44. The third-order valence-corrected chi connectivity index (χ3v) is 6.80. The number of hydrogen-bond donors (Lipinski definition) is 3. The van der Waals surface area contributed by atoms with Crippen LogP contribution in [0.2, 0.25) is 0 Å². The average molecular weight is 451 g/mol. The first-order chi connectivity index (χ1) is 15.9. The molecule has 33 heavy (non-hydrogen) atoms. The van der Waals surface area contributed by atoms with Crippen LogP contribution in [0.5, 0.6) is 0 Å². The second-order valence-electron chi connectivity index (χ2n) is 8.98. The van der Waals surface area contributed by atoms with Crippen molar-refractivity contribution < 1.29 is 24.2 Å². The molecule has 0 saturated heterocycles. The number of rotatable bonds is 6. The molecule has 0 unspecified atom stereocenters. The Morgan fingerprint density at radius 2 is 1.52 bits per heavy atom. The van der Waals surface area contributed by atoms with Gasteiger partial charge in [-0.1, -0.05) is 74.2 Å². The molecule has 0 heterocycles. The van der Waals surface area contributed by atoms with Gasteiger partial charge in [0.05, 0.1) is 0 Å². The number of aliphatic carboxylic acids is 1. The number of carbonyl (C=O) groups is 3. The number of benzene rings is 2. The summed E-state index contributed by atoms with van der Waals surface area (Å²) < 4.78 is 5.50. The van der Waals surface area contributed by atoms with E-state index in [0.717, 1.165) is 47.9 Å². The second kappa shape index (κ2) is 9.65. The lowest BCUT2D eigenvalue weighted by molar-refractivity contribution is -0.148. The summed E-state index contributed by atoms with van der Waals surface area (Å²) in [6.45, 7) is 1.68. The van der Waals surface area contributed by atoms with Gasteiger partial charge in [-0.15, -0.1) is 0 Å². The first-order valence-corrected chi connectivity index (χ1v) is 11.6. The molecule has 0 radical (unpaired) electrons. The Balaban J connectivity index is 1.36. The van der Waals surface area contributed by atoms with Crippen molar-refractivity contribution in [2.45, 2.75) is 62.9 Å². The fraction of sp³-hybridized carbons (Fsp3) is 0.423. The number of ether oxygens (including phenoxy) is 1. The Morgan fingerprint density at radius 3 is 2.06 bits per heavy atom. The van der Waals surface area contributed by atoms with E-state index in [2.05, 4.69) is 22.8 Å². The standard InChI is InChI=1S/C26H30N2O5/c1-17(23(29)28-26(24(30)31)14-8-2-3-9-15-26)27-25(32)33-16-22-20-12-6-4-10-18(20)19-11-5-7-13-21(19)22/h4-7,10-13,17,22H,2-3,8-9,14-16H2,1H3,(H,27,32)(H,28,29)(H,30,31)/t17-/m1/s1. The smallest absolute Gasteiger partial charge is 0.407 e. The summed E-state index contributed by atoms with van der Waals surface area (Å²) >= 11 is 0. The van der Waals surface area contributed by atoms with Gasteiger partial charge in [-0.05, 0) is 42.0 Å². The van der Waals surface area contributed by atoms with E-state index in [4.69, 9.17) is 4.74 Å². The van der Waals surface area contributed by atoms with Crippen LogP contribution in [0.25, 0.3) is 11.1 Å². The Kier molecular flexibility index (Phi) is 6.67. The summed E-state index contributed by atoms with van der Waals surface area (Å²) in [6, 6.07) is 15.2. The zero-order valence-electron chi connectivity index (χ0n) is 18.8. The van der Waals surface area contributed by atoms with E-state index in [1.54, 1.807) is 0 Å². The highest BCUT2D eigenvalue weighted by atomic mass is 16.5. The van der Waals surface area contributed by atoms with Crippen LogP contribution < -0.4 is 10.6 Å². The van der Waals surface area contributed by atoms with Crippen LogP contribution in [-0.4, -0.2) is 41.3 Å². The monoisotopic (exact) mass is 450 g/mol. The minimum absolute atomic E-state index is 0.0754. The Bertz CT molecular complexity index is 997. The minimum Gasteiger partial charge on any atom is -0.480 e. The summed E-state index contributed by atoms with van der Waals surface area (Å²) in [5.74, 6) is -1.62. The van der Waals surface area contributed by atoms with Crippen molar-refractivity contribution in [2.75, 3.05) is 6.61 Å². The molecule has 0 aliphatic heterocycles. The number of carboxylic acid groups (broad SMARTS) is 1. The molecule has 0 spiro atoms. The fourth-order valence-corrected chi connectivity index (χ4v) is 4.95. The molecule has 7 nitrogen and oxygen atoms in total. The van der Waals surface area contributed by atoms with E-state index >= 15 is 0 Å². The zero-order chi connectivity index (χ0) is 23.4. The molecule has 174 valence electrons. The summed E-state index contributed by atoms with van der Waals surface area (Å²) in [4.78, 5) is 37.1. The molecular formula is C26H30N2O5. The number of alkyl carbamates (subject to hydrolysis) is 1. The van der Waals surface area contributed by atoms with Crippen LogP contribution in [0, 0.1) is 0 Å². The van der Waals surface area contributed by atoms with E-state index in [-0.39, 0.29) is 12.5 Å².